The van der Waals surface area contributed by atoms with Crippen molar-refractivity contribution < 1.29 is 28.4 Å². The number of nitrogens with zero attached hydrogens (tertiary/aromatic N) is 4. The number of carbonyl (C=O) groups excluding carboxylic acids is 5. The number of rotatable bonds is 17. The molecule has 0 aliphatic carbocycles. The first-order valence-corrected chi connectivity index (χ1v) is 21.5. The molecule has 62 heavy (non-hydrogen) atoms. The number of halogens is 2. The number of nitrogens with one attached hydrogen (secondary N) is 4. The fraction of sp³-hybridized carbons (Fsp3) is 0.370. The van der Waals surface area contributed by atoms with Crippen LogP contribution in [0.4, 0.5) is 10.1 Å². The van der Waals surface area contributed by atoms with E-state index in [1.54, 1.807) is 46.3 Å². The van der Waals surface area contributed by atoms with Crippen LogP contribution in [-0.4, -0.2) is 126 Å². The molecule has 0 radical (unpaired) electrons. The smallest absolute Gasteiger partial charge is 0.274 e. The van der Waals surface area contributed by atoms with Crippen LogP contribution in [0.5, 0.6) is 0 Å². The number of alkyl halides is 1. The maximum absolute atomic E-state index is 14.9. The number of carbonyl (C=O) groups is 5. The van der Waals surface area contributed by atoms with Crippen LogP contribution in [0.3, 0.4) is 0 Å². The van der Waals surface area contributed by atoms with E-state index < -0.39 is 23.5 Å². The molecule has 16 heteroatoms. The van der Waals surface area contributed by atoms with E-state index in [0.29, 0.717) is 62.0 Å². The third-order valence-corrected chi connectivity index (χ3v) is 11.6. The Hall–Kier alpha value is -6.03. The number of primary amides is 1. The highest BCUT2D eigenvalue weighted by atomic mass is 35.5. The molecule has 0 bridgehead atoms. The van der Waals surface area contributed by atoms with Crippen molar-refractivity contribution in [2.24, 2.45) is 11.7 Å². The van der Waals surface area contributed by atoms with Gasteiger partial charge in [-0.3, -0.25) is 24.0 Å². The van der Waals surface area contributed by atoms with E-state index in [-0.39, 0.29) is 66.3 Å². The minimum absolute atomic E-state index is 0.0715. The Morgan fingerprint density at radius 2 is 1.48 bits per heavy atom. The van der Waals surface area contributed by atoms with Gasteiger partial charge in [0, 0.05) is 87.4 Å². The first-order chi connectivity index (χ1) is 29.9. The second kappa shape index (κ2) is 21.7. The summed E-state index contributed by atoms with van der Waals surface area (Å²) in [5.41, 5.74) is 10.0. The third kappa shape index (κ3) is 11.7. The summed E-state index contributed by atoms with van der Waals surface area (Å²) in [5.74, 6) is -2.43. The molecular weight excluding hydrogens is 813 g/mol. The van der Waals surface area contributed by atoms with E-state index in [9.17, 15) is 28.4 Å². The zero-order valence-corrected chi connectivity index (χ0v) is 35.6. The Kier molecular flexibility index (Phi) is 15.9. The lowest BCUT2D eigenvalue weighted by Crippen LogP contribution is -2.52. The number of piperazine rings is 1. The van der Waals surface area contributed by atoms with Gasteiger partial charge in [-0.05, 0) is 72.7 Å². The number of likely N-dealkylation sites (tertiary alicyclic amines) is 1. The number of piperidine rings is 1. The highest BCUT2D eigenvalue weighted by Crippen LogP contribution is 2.28. The summed E-state index contributed by atoms with van der Waals surface area (Å²) in [4.78, 5) is 73.6. The van der Waals surface area contributed by atoms with E-state index in [0.717, 1.165) is 36.9 Å². The van der Waals surface area contributed by atoms with Gasteiger partial charge in [0.2, 0.25) is 17.7 Å². The first-order valence-electron chi connectivity index (χ1n) is 20.9. The lowest BCUT2D eigenvalue weighted by atomic mass is 9.96. The summed E-state index contributed by atoms with van der Waals surface area (Å²) in [5, 5.41) is 17.9. The quantitative estimate of drug-likeness (QED) is 0.0588. The van der Waals surface area contributed by atoms with Crippen LogP contribution >= 0.6 is 11.6 Å². The molecule has 0 unspecified atom stereocenters. The normalized spacial score (nSPS) is 14.4. The monoisotopic (exact) mass is 865 g/mol. The van der Waals surface area contributed by atoms with Gasteiger partial charge >= 0.3 is 0 Å². The lowest BCUT2D eigenvalue weighted by Gasteiger charge is -2.35. The molecular formula is C46H53ClFN9O5. The van der Waals surface area contributed by atoms with Crippen molar-refractivity contribution in [1.82, 2.24) is 30.3 Å². The summed E-state index contributed by atoms with van der Waals surface area (Å²) in [6.07, 6.45) is 4.23. The fourth-order valence-corrected chi connectivity index (χ4v) is 7.83. The molecule has 1 aromatic heterocycles. The van der Waals surface area contributed by atoms with Crippen molar-refractivity contribution in [2.75, 3.05) is 76.6 Å². The van der Waals surface area contributed by atoms with E-state index in [1.807, 2.05) is 18.2 Å². The Labute approximate surface area is 365 Å². The number of anilines is 1. The molecule has 5 amide bonds. The molecule has 3 heterocycles. The molecule has 2 aliphatic heterocycles. The minimum Gasteiger partial charge on any atom is -0.366 e. The van der Waals surface area contributed by atoms with Crippen molar-refractivity contribution in [2.45, 2.75) is 32.6 Å². The van der Waals surface area contributed by atoms with Crippen LogP contribution in [-0.2, 0) is 22.4 Å². The second-order valence-electron chi connectivity index (χ2n) is 15.5. The predicted molar refractivity (Wildman–Crippen MR) is 237 cm³/mol. The van der Waals surface area contributed by atoms with Crippen molar-refractivity contribution in [1.29, 1.82) is 5.41 Å². The molecule has 2 saturated heterocycles. The summed E-state index contributed by atoms with van der Waals surface area (Å²) in [6.45, 7) is 6.48. The van der Waals surface area contributed by atoms with Gasteiger partial charge in [0.25, 0.3) is 11.8 Å². The number of aryl methyl sites for hydroxylation is 1. The van der Waals surface area contributed by atoms with Gasteiger partial charge in [0.1, 0.15) is 11.7 Å². The van der Waals surface area contributed by atoms with E-state index in [2.05, 4.69) is 33.9 Å². The number of amides is 5. The van der Waals surface area contributed by atoms with Crippen molar-refractivity contribution in [3.63, 3.8) is 0 Å². The van der Waals surface area contributed by atoms with E-state index in [1.165, 1.54) is 28.7 Å². The number of aromatic nitrogens is 1. The molecule has 0 atom stereocenters. The van der Waals surface area contributed by atoms with Gasteiger partial charge in [0.15, 0.2) is 5.69 Å². The Balaban J connectivity index is 0.890. The summed E-state index contributed by atoms with van der Waals surface area (Å²) in [6, 6.07) is 20.5. The fourth-order valence-electron chi connectivity index (χ4n) is 7.76. The molecule has 6 rings (SSSR count). The van der Waals surface area contributed by atoms with Crippen molar-refractivity contribution in [3.05, 3.63) is 118 Å². The minimum atomic E-state index is -0.673. The topological polar surface area (TPSA) is 194 Å². The van der Waals surface area contributed by atoms with Crippen LogP contribution in [0.1, 0.15) is 67.7 Å². The maximum Gasteiger partial charge on any atom is 0.274 e. The number of benzene rings is 3. The van der Waals surface area contributed by atoms with Gasteiger partial charge < -0.3 is 41.8 Å². The van der Waals surface area contributed by atoms with Crippen LogP contribution < -0.4 is 21.7 Å². The third-order valence-electron chi connectivity index (χ3n) is 11.3. The van der Waals surface area contributed by atoms with Gasteiger partial charge in [-0.15, -0.1) is 11.6 Å². The number of pyridine rings is 1. The van der Waals surface area contributed by atoms with Crippen LogP contribution in [0.25, 0.3) is 11.1 Å². The molecule has 3 aromatic carbocycles. The second-order valence-corrected chi connectivity index (χ2v) is 15.8. The lowest BCUT2D eigenvalue weighted by molar-refractivity contribution is -0.131. The Bertz CT molecular complexity index is 2290. The average molecular weight is 866 g/mol. The van der Waals surface area contributed by atoms with Crippen LogP contribution in [0, 0.1) is 17.1 Å². The van der Waals surface area contributed by atoms with Crippen molar-refractivity contribution >= 4 is 52.5 Å². The molecule has 6 N–H and O–H groups in total. The first kappa shape index (κ1) is 45.5. The SMILES string of the molecule is CCc1cccc(-c2cnc(C(=O)N3CCC(CNCCNCC(=O)N4CCN(C(=O)c5cc(CC(=N)c6ccccc6C(N)=O)ccc5F)CC4)CC3)c(NC(=O)CCl)c2)c1. The van der Waals surface area contributed by atoms with Crippen LogP contribution in [0.15, 0.2) is 79.0 Å². The summed E-state index contributed by atoms with van der Waals surface area (Å²) < 4.78 is 14.9. The van der Waals surface area contributed by atoms with Crippen molar-refractivity contribution in [3.8, 4) is 11.1 Å². The van der Waals surface area contributed by atoms with Gasteiger partial charge in [-0.1, -0.05) is 55.5 Å². The van der Waals surface area contributed by atoms with E-state index >= 15 is 0 Å². The standard InChI is InChI=1S/C46H53ClFN9O5/c1-2-30-6-5-7-33(22-30)34-25-40(54-41(58)26-47)43(53-28-34)46(62)56-16-12-31(13-17-56)27-51-14-15-52-29-42(59)55-18-20-57(21-19-55)45(61)37-23-32(10-11-38(37)48)24-39(49)35-8-3-4-9-36(35)44(50)60/h3-11,22-23,25,28,31,49,51-52H,2,12-21,24,26-27,29H2,1H3,(H2,50,60)(H,54,58). The Morgan fingerprint density at radius 1 is 0.790 bits per heavy atom. The average Bonchev–Trinajstić information content (AvgIpc) is 3.30. The molecule has 4 aromatic rings. The number of hydrogen-bond donors (Lipinski definition) is 5. The molecule has 2 aliphatic rings. The van der Waals surface area contributed by atoms with Crippen LogP contribution in [0.2, 0.25) is 0 Å². The highest BCUT2D eigenvalue weighted by Gasteiger charge is 2.28. The summed E-state index contributed by atoms with van der Waals surface area (Å²) >= 11 is 5.79. The zero-order chi connectivity index (χ0) is 44.2. The summed E-state index contributed by atoms with van der Waals surface area (Å²) in [7, 11) is 0. The molecule has 14 nitrogen and oxygen atoms in total. The molecule has 0 saturated carbocycles. The van der Waals surface area contributed by atoms with Gasteiger partial charge in [0.05, 0.1) is 17.8 Å². The molecule has 0 spiro atoms. The molecule has 2 fully saturated rings. The highest BCUT2D eigenvalue weighted by molar-refractivity contribution is 6.29. The molecule has 326 valence electrons. The Morgan fingerprint density at radius 3 is 2.19 bits per heavy atom. The maximum atomic E-state index is 14.9. The number of nitrogens with two attached hydrogens (primary N) is 1. The number of hydrogen-bond acceptors (Lipinski definition) is 9. The van der Waals surface area contributed by atoms with Gasteiger partial charge in [-0.25, -0.2) is 9.37 Å². The predicted octanol–water partition coefficient (Wildman–Crippen LogP) is 4.35. The largest absolute Gasteiger partial charge is 0.366 e. The van der Waals surface area contributed by atoms with Gasteiger partial charge in [-0.2, -0.15) is 0 Å². The zero-order valence-electron chi connectivity index (χ0n) is 34.9. The van der Waals surface area contributed by atoms with E-state index in [4.69, 9.17) is 22.7 Å².